The van der Waals surface area contributed by atoms with Crippen molar-refractivity contribution < 1.29 is 24.2 Å². The summed E-state index contributed by atoms with van der Waals surface area (Å²) in [6.07, 6.45) is 0. The van der Waals surface area contributed by atoms with Crippen molar-refractivity contribution in [2.45, 2.75) is 0 Å². The van der Waals surface area contributed by atoms with Crippen molar-refractivity contribution in [1.29, 1.82) is 0 Å². The molecule has 0 rings (SSSR count). The monoisotopic (exact) mass is 219 g/mol. The van der Waals surface area contributed by atoms with Crippen LogP contribution in [0.4, 0.5) is 0 Å². The van der Waals surface area contributed by atoms with Gasteiger partial charge in [0.05, 0.1) is 54.0 Å². The van der Waals surface area contributed by atoms with Crippen LogP contribution in [0.2, 0.25) is 0 Å². The average Bonchev–Trinajstić information content (AvgIpc) is 2.01. The summed E-state index contributed by atoms with van der Waals surface area (Å²) in [6, 6.07) is 0. The molecule has 0 atom stereocenters. The second kappa shape index (κ2) is 8.40. The summed E-state index contributed by atoms with van der Waals surface area (Å²) in [6.45, 7) is 3.06. The third-order valence-corrected chi connectivity index (χ3v) is 0.801. The van der Waals surface area contributed by atoms with Crippen LogP contribution >= 0.6 is 0 Å². The number of aliphatic carboxylic acids is 1. The molecule has 0 spiro atoms. The number of carboxylic acids is 1. The number of carbonyl (C=O) groups excluding carboxylic acids is 1. The van der Waals surface area contributed by atoms with Gasteiger partial charge in [0.2, 0.25) is 0 Å². The van der Waals surface area contributed by atoms with Crippen molar-refractivity contribution >= 4 is 5.97 Å². The molecule has 0 fully saturated rings. The van der Waals surface area contributed by atoms with Crippen LogP contribution in [-0.2, 0) is 9.53 Å². The van der Waals surface area contributed by atoms with Crippen molar-refractivity contribution in [3.8, 4) is 0 Å². The number of aliphatic hydroxyl groups is 1. The lowest BCUT2D eigenvalue weighted by molar-refractivity contribution is -0.849. The third kappa shape index (κ3) is 24.6. The van der Waals surface area contributed by atoms with Gasteiger partial charge < -0.3 is 24.2 Å². The molecule has 0 aromatic rings. The average molecular weight is 219 g/mol. The van der Waals surface area contributed by atoms with Gasteiger partial charge in [0, 0.05) is 0 Å². The van der Waals surface area contributed by atoms with E-state index in [9.17, 15) is 9.90 Å². The topological polar surface area (TPSA) is 69.6 Å². The highest BCUT2D eigenvalue weighted by molar-refractivity contribution is 5.84. The molecule has 0 amide bonds. The number of aliphatic hydroxyl groups excluding tert-OH is 1. The molecule has 0 aromatic heterocycles. The van der Waals surface area contributed by atoms with Gasteiger partial charge >= 0.3 is 0 Å². The number of hydrogen-bond acceptors (Lipinski definition) is 4. The first kappa shape index (κ1) is 16.5. The molecule has 15 heavy (non-hydrogen) atoms. The first-order chi connectivity index (χ1) is 6.68. The molecule has 1 N–H and O–H groups in total. The van der Waals surface area contributed by atoms with Gasteiger partial charge in [-0.1, -0.05) is 6.58 Å². The van der Waals surface area contributed by atoms with Gasteiger partial charge in [0.15, 0.2) is 0 Å². The van der Waals surface area contributed by atoms with Crippen LogP contribution in [0, 0.1) is 0 Å². The molecule has 0 aliphatic heterocycles. The minimum absolute atomic E-state index is 0.0944. The largest absolute Gasteiger partial charge is 0.545 e. The molecular formula is C10H21NO4. The van der Waals surface area contributed by atoms with Crippen LogP contribution in [0.5, 0.6) is 0 Å². The van der Waals surface area contributed by atoms with Gasteiger partial charge in [-0.3, -0.25) is 0 Å². The molecule has 0 unspecified atom stereocenters. The summed E-state index contributed by atoms with van der Waals surface area (Å²) in [5, 5.41) is 18.1. The molecule has 5 nitrogen and oxygen atoms in total. The summed E-state index contributed by atoms with van der Waals surface area (Å²) in [5.74, 6) is -1.32. The van der Waals surface area contributed by atoms with Crippen molar-refractivity contribution in [3.05, 3.63) is 12.2 Å². The molecule has 0 bridgehead atoms. The lowest BCUT2D eigenvalue weighted by atomic mass is 10.3. The Morgan fingerprint density at radius 1 is 1.40 bits per heavy atom. The number of carboxylic acid groups (broad SMARTS) is 1. The molecule has 0 saturated heterocycles. The maximum Gasteiger partial charge on any atom is 0.0729 e. The predicted molar refractivity (Wildman–Crippen MR) is 56.0 cm³/mol. The van der Waals surface area contributed by atoms with Crippen LogP contribution in [-0.4, -0.2) is 63.6 Å². The molecule has 5 heteroatoms. The van der Waals surface area contributed by atoms with E-state index in [1.54, 1.807) is 0 Å². The highest BCUT2D eigenvalue weighted by atomic mass is 16.5. The number of hydrogen-bond donors (Lipinski definition) is 1. The Kier molecular flexibility index (Phi) is 9.25. The fourth-order valence-electron chi connectivity index (χ4n) is 0.319. The van der Waals surface area contributed by atoms with Crippen LogP contribution in [0.15, 0.2) is 12.2 Å². The van der Waals surface area contributed by atoms with E-state index in [1.165, 1.54) is 0 Å². The summed E-state index contributed by atoms with van der Waals surface area (Å²) in [7, 11) is 8.50. The fourth-order valence-corrected chi connectivity index (χ4v) is 0.319. The Hall–Kier alpha value is -0.910. The second-order valence-corrected chi connectivity index (χ2v) is 4.35. The normalized spacial score (nSPS) is 10.2. The summed E-state index contributed by atoms with van der Waals surface area (Å²) >= 11 is 0. The van der Waals surface area contributed by atoms with E-state index in [1.807, 2.05) is 0 Å². The predicted octanol–water partition coefficient (Wildman–Crippen LogP) is -1.38. The Morgan fingerprint density at radius 2 is 1.80 bits per heavy atom. The van der Waals surface area contributed by atoms with E-state index in [0.29, 0.717) is 0 Å². The van der Waals surface area contributed by atoms with Crippen LogP contribution < -0.4 is 5.11 Å². The molecule has 90 valence electrons. The maximum atomic E-state index is 9.94. The van der Waals surface area contributed by atoms with E-state index >= 15 is 0 Å². The van der Waals surface area contributed by atoms with Gasteiger partial charge in [-0.2, -0.15) is 0 Å². The highest BCUT2D eigenvalue weighted by Gasteiger charge is 1.93. The van der Waals surface area contributed by atoms with E-state index < -0.39 is 5.97 Å². The lowest BCUT2D eigenvalue weighted by Gasteiger charge is -2.14. The van der Waals surface area contributed by atoms with E-state index in [2.05, 4.69) is 39.5 Å². The van der Waals surface area contributed by atoms with Crippen molar-refractivity contribution in [2.24, 2.45) is 0 Å². The van der Waals surface area contributed by atoms with E-state index in [4.69, 9.17) is 5.11 Å². The first-order valence-corrected chi connectivity index (χ1v) is 4.55. The highest BCUT2D eigenvalue weighted by Crippen LogP contribution is 1.87. The standard InChI is InChI=1S/C6H10O4.C4H12N/c1-5(6(8)9)4-10-3-2-7;1-5(2,3)4/h7H,1-4H2,(H,8,9);1-4H3/q;+1/p-1. The van der Waals surface area contributed by atoms with Crippen molar-refractivity contribution in [1.82, 2.24) is 0 Å². The van der Waals surface area contributed by atoms with Gasteiger partial charge in [0.1, 0.15) is 0 Å². The van der Waals surface area contributed by atoms with E-state index in [0.717, 1.165) is 4.48 Å². The van der Waals surface area contributed by atoms with Gasteiger partial charge in [-0.05, 0) is 5.57 Å². The Labute approximate surface area is 91.2 Å². The molecule has 0 aromatic carbocycles. The molecule has 0 saturated carbocycles. The Morgan fingerprint density at radius 3 is 2.07 bits per heavy atom. The summed E-state index contributed by atoms with van der Waals surface area (Å²) < 4.78 is 5.64. The first-order valence-electron chi connectivity index (χ1n) is 4.55. The number of quaternary nitrogens is 1. The smallest absolute Gasteiger partial charge is 0.0729 e. The molecule has 0 aliphatic carbocycles. The van der Waals surface area contributed by atoms with Gasteiger partial charge in [-0.25, -0.2) is 0 Å². The zero-order valence-electron chi connectivity index (χ0n) is 9.95. The maximum absolute atomic E-state index is 9.94. The van der Waals surface area contributed by atoms with Crippen LogP contribution in [0.25, 0.3) is 0 Å². The lowest BCUT2D eigenvalue weighted by Crippen LogP contribution is -2.27. The van der Waals surface area contributed by atoms with Gasteiger partial charge in [0.25, 0.3) is 0 Å². The molecule has 0 aliphatic rings. The quantitative estimate of drug-likeness (QED) is 0.352. The van der Waals surface area contributed by atoms with Crippen LogP contribution in [0.1, 0.15) is 0 Å². The zero-order valence-corrected chi connectivity index (χ0v) is 9.95. The van der Waals surface area contributed by atoms with Gasteiger partial charge in [-0.15, -0.1) is 0 Å². The van der Waals surface area contributed by atoms with Crippen molar-refractivity contribution in [3.63, 3.8) is 0 Å². The SMILES string of the molecule is C=C(COCCO)C(=O)[O-].C[N+](C)(C)C. The number of ether oxygens (including phenoxy) is 1. The molecule has 0 radical (unpaired) electrons. The number of nitrogens with zero attached hydrogens (tertiary/aromatic N) is 1. The van der Waals surface area contributed by atoms with Crippen molar-refractivity contribution in [2.75, 3.05) is 48.0 Å². The fraction of sp³-hybridized carbons (Fsp3) is 0.700. The minimum Gasteiger partial charge on any atom is -0.545 e. The Bertz CT molecular complexity index is 190. The minimum atomic E-state index is -1.32. The third-order valence-electron chi connectivity index (χ3n) is 0.801. The molecular weight excluding hydrogens is 198 g/mol. The van der Waals surface area contributed by atoms with Crippen LogP contribution in [0.3, 0.4) is 0 Å². The Balaban J connectivity index is 0. The number of carbonyl (C=O) groups is 1. The summed E-state index contributed by atoms with van der Waals surface area (Å²) in [4.78, 5) is 9.94. The zero-order chi connectivity index (χ0) is 12.5. The molecule has 0 heterocycles. The number of rotatable bonds is 5. The summed E-state index contributed by atoms with van der Waals surface area (Å²) in [5.41, 5.74) is -0.117. The second-order valence-electron chi connectivity index (χ2n) is 4.35. The van der Waals surface area contributed by atoms with E-state index in [-0.39, 0.29) is 25.4 Å².